The first-order valence-electron chi connectivity index (χ1n) is 7.20. The van der Waals surface area contributed by atoms with Gasteiger partial charge in [0.2, 0.25) is 5.91 Å². The zero-order valence-electron chi connectivity index (χ0n) is 12.3. The van der Waals surface area contributed by atoms with E-state index >= 15 is 0 Å². The van der Waals surface area contributed by atoms with Crippen LogP contribution in [0.1, 0.15) is 46.5 Å². The second-order valence-electron chi connectivity index (χ2n) is 6.03. The van der Waals surface area contributed by atoms with Gasteiger partial charge in [-0.25, -0.2) is 0 Å². The maximum absolute atomic E-state index is 12.6. The summed E-state index contributed by atoms with van der Waals surface area (Å²) in [6.45, 7) is 7.63. The van der Waals surface area contributed by atoms with Gasteiger partial charge in [-0.3, -0.25) is 4.79 Å². The number of hydrogen-bond donors (Lipinski definition) is 2. The summed E-state index contributed by atoms with van der Waals surface area (Å²) >= 11 is 0. The van der Waals surface area contributed by atoms with E-state index in [0.29, 0.717) is 24.8 Å². The van der Waals surface area contributed by atoms with Gasteiger partial charge in [-0.15, -0.1) is 0 Å². The Morgan fingerprint density at radius 1 is 1.47 bits per heavy atom. The fourth-order valence-corrected chi connectivity index (χ4v) is 2.78. The van der Waals surface area contributed by atoms with Crippen LogP contribution >= 0.6 is 0 Å². The zero-order valence-corrected chi connectivity index (χ0v) is 12.3. The molecule has 0 aromatic rings. The van der Waals surface area contributed by atoms with Gasteiger partial charge in [0.15, 0.2) is 0 Å². The molecular weight excluding hydrogens is 242 g/mol. The lowest BCUT2D eigenvalue weighted by Crippen LogP contribution is -2.41. The van der Waals surface area contributed by atoms with E-state index < -0.39 is 0 Å². The number of oxime groups is 1. The van der Waals surface area contributed by atoms with Crippen LogP contribution in [0.5, 0.6) is 0 Å². The number of nitrogens with zero attached hydrogens (tertiary/aromatic N) is 2. The molecule has 1 aliphatic rings. The molecule has 0 aromatic heterocycles. The van der Waals surface area contributed by atoms with Crippen molar-refractivity contribution >= 4 is 11.7 Å². The van der Waals surface area contributed by atoms with Crippen molar-refractivity contribution in [2.24, 2.45) is 28.6 Å². The molecule has 0 heterocycles. The molecular formula is C14H27N3O2. The number of nitrogens with two attached hydrogens (primary N) is 1. The number of carbonyl (C=O) groups excluding carboxylic acids is 1. The topological polar surface area (TPSA) is 78.9 Å². The molecule has 1 amide bonds. The summed E-state index contributed by atoms with van der Waals surface area (Å²) in [5.74, 6) is 1.48. The monoisotopic (exact) mass is 269 g/mol. The van der Waals surface area contributed by atoms with Gasteiger partial charge in [-0.05, 0) is 24.7 Å². The average Bonchev–Trinajstić information content (AvgIpc) is 2.78. The number of amidine groups is 1. The molecule has 3 N–H and O–H groups in total. The Bertz CT molecular complexity index is 329. The summed E-state index contributed by atoms with van der Waals surface area (Å²) < 4.78 is 0. The van der Waals surface area contributed by atoms with Crippen LogP contribution < -0.4 is 5.73 Å². The summed E-state index contributed by atoms with van der Waals surface area (Å²) in [4.78, 5) is 14.5. The smallest absolute Gasteiger partial charge is 0.225 e. The van der Waals surface area contributed by atoms with Crippen molar-refractivity contribution in [3.63, 3.8) is 0 Å². The lowest BCUT2D eigenvalue weighted by atomic mass is 9.96. The Morgan fingerprint density at radius 2 is 2.16 bits per heavy atom. The Hall–Kier alpha value is -1.26. The molecule has 0 radical (unpaired) electrons. The first kappa shape index (κ1) is 15.8. The third-order valence-corrected chi connectivity index (χ3v) is 3.84. The van der Waals surface area contributed by atoms with Gasteiger partial charge in [-0.1, -0.05) is 32.3 Å². The van der Waals surface area contributed by atoms with E-state index in [9.17, 15) is 4.79 Å². The van der Waals surface area contributed by atoms with Crippen LogP contribution in [0.15, 0.2) is 5.16 Å². The molecule has 0 bridgehead atoms. The Morgan fingerprint density at radius 3 is 2.63 bits per heavy atom. The largest absolute Gasteiger partial charge is 0.409 e. The highest BCUT2D eigenvalue weighted by Crippen LogP contribution is 2.32. The number of carbonyl (C=O) groups is 1. The minimum Gasteiger partial charge on any atom is -0.409 e. The Labute approximate surface area is 115 Å². The molecule has 2 atom stereocenters. The van der Waals surface area contributed by atoms with Crippen LogP contribution in [0, 0.1) is 17.8 Å². The van der Waals surface area contributed by atoms with E-state index in [1.807, 2.05) is 4.90 Å². The van der Waals surface area contributed by atoms with Gasteiger partial charge >= 0.3 is 0 Å². The first-order chi connectivity index (χ1) is 8.95. The van der Waals surface area contributed by atoms with Crippen LogP contribution in [0.2, 0.25) is 0 Å². The van der Waals surface area contributed by atoms with E-state index in [4.69, 9.17) is 10.9 Å². The van der Waals surface area contributed by atoms with E-state index in [1.54, 1.807) is 0 Å². The predicted octanol–water partition coefficient (Wildman–Crippen LogP) is 2.04. The number of amides is 1. The summed E-state index contributed by atoms with van der Waals surface area (Å²) in [6, 6.07) is 0. The highest BCUT2D eigenvalue weighted by molar-refractivity contribution is 5.82. The van der Waals surface area contributed by atoms with Crippen molar-refractivity contribution in [1.29, 1.82) is 0 Å². The van der Waals surface area contributed by atoms with Crippen molar-refractivity contribution in [3.05, 3.63) is 0 Å². The zero-order chi connectivity index (χ0) is 14.4. The molecule has 110 valence electrons. The van der Waals surface area contributed by atoms with Crippen LogP contribution in [0.3, 0.4) is 0 Å². The van der Waals surface area contributed by atoms with Gasteiger partial charge in [0.1, 0.15) is 5.84 Å². The molecule has 0 saturated heterocycles. The Balaban J connectivity index is 2.64. The lowest BCUT2D eigenvalue weighted by molar-refractivity contribution is -0.137. The second kappa shape index (κ2) is 7.36. The highest BCUT2D eigenvalue weighted by Gasteiger charge is 2.32. The average molecular weight is 269 g/mol. The molecule has 19 heavy (non-hydrogen) atoms. The third-order valence-electron chi connectivity index (χ3n) is 3.84. The third kappa shape index (κ3) is 4.73. The second-order valence-corrected chi connectivity index (χ2v) is 6.03. The van der Waals surface area contributed by atoms with Gasteiger partial charge < -0.3 is 15.8 Å². The molecule has 5 heteroatoms. The van der Waals surface area contributed by atoms with Crippen LogP contribution in [-0.2, 0) is 4.79 Å². The molecule has 1 saturated carbocycles. The molecule has 1 fully saturated rings. The van der Waals surface area contributed by atoms with Gasteiger partial charge in [0, 0.05) is 25.4 Å². The van der Waals surface area contributed by atoms with Crippen LogP contribution in [0.4, 0.5) is 0 Å². The van der Waals surface area contributed by atoms with Crippen molar-refractivity contribution < 1.29 is 10.0 Å². The van der Waals surface area contributed by atoms with Gasteiger partial charge in [-0.2, -0.15) is 0 Å². The summed E-state index contributed by atoms with van der Waals surface area (Å²) in [5.41, 5.74) is 5.49. The van der Waals surface area contributed by atoms with Gasteiger partial charge in [0.25, 0.3) is 0 Å². The van der Waals surface area contributed by atoms with E-state index in [0.717, 1.165) is 25.8 Å². The lowest BCUT2D eigenvalue weighted by Gasteiger charge is -2.28. The quantitative estimate of drug-likeness (QED) is 0.335. The molecule has 2 unspecified atom stereocenters. The highest BCUT2D eigenvalue weighted by atomic mass is 16.4. The summed E-state index contributed by atoms with van der Waals surface area (Å²) in [7, 11) is 0. The minimum absolute atomic E-state index is 0.158. The molecule has 0 spiro atoms. The van der Waals surface area contributed by atoms with Crippen LogP contribution in [-0.4, -0.2) is 34.9 Å². The fourth-order valence-electron chi connectivity index (χ4n) is 2.78. The van der Waals surface area contributed by atoms with E-state index in [2.05, 4.69) is 25.9 Å². The van der Waals surface area contributed by atoms with Crippen molar-refractivity contribution in [2.45, 2.75) is 46.5 Å². The SMILES string of the molecule is CC(C)CN(CCC(N)=NO)C(=O)C1CCCC1C. The van der Waals surface area contributed by atoms with Crippen molar-refractivity contribution in [2.75, 3.05) is 13.1 Å². The maximum atomic E-state index is 12.6. The predicted molar refractivity (Wildman–Crippen MR) is 75.9 cm³/mol. The maximum Gasteiger partial charge on any atom is 0.225 e. The first-order valence-corrected chi connectivity index (χ1v) is 7.20. The molecule has 1 aliphatic carbocycles. The van der Waals surface area contributed by atoms with E-state index in [1.165, 1.54) is 0 Å². The molecule has 1 rings (SSSR count). The van der Waals surface area contributed by atoms with Gasteiger partial charge in [0.05, 0.1) is 0 Å². The van der Waals surface area contributed by atoms with Crippen molar-refractivity contribution in [3.8, 4) is 0 Å². The summed E-state index contributed by atoms with van der Waals surface area (Å²) in [5, 5.41) is 11.5. The van der Waals surface area contributed by atoms with Crippen LogP contribution in [0.25, 0.3) is 0 Å². The number of rotatable bonds is 6. The molecule has 0 aliphatic heterocycles. The Kier molecular flexibility index (Phi) is 6.12. The minimum atomic E-state index is 0.158. The molecule has 0 aromatic carbocycles. The number of hydrogen-bond acceptors (Lipinski definition) is 3. The molecule has 5 nitrogen and oxygen atoms in total. The summed E-state index contributed by atoms with van der Waals surface area (Å²) in [6.07, 6.45) is 3.72. The standard InChI is InChI=1S/C14H27N3O2/c1-10(2)9-17(8-7-13(15)16-19)14(18)12-6-4-5-11(12)3/h10-12,19H,4-9H2,1-3H3,(H2,15,16). The fraction of sp³-hybridized carbons (Fsp3) is 0.857. The van der Waals surface area contributed by atoms with Crippen molar-refractivity contribution in [1.82, 2.24) is 4.90 Å². The normalized spacial score (nSPS) is 23.9. The van der Waals surface area contributed by atoms with E-state index in [-0.39, 0.29) is 17.7 Å².